The molecule has 0 radical (unpaired) electrons. The van der Waals surface area contributed by atoms with Gasteiger partial charge in [-0.25, -0.2) is 8.42 Å². The summed E-state index contributed by atoms with van der Waals surface area (Å²) in [5.74, 6) is -0.382. The molecule has 0 saturated heterocycles. The molecule has 0 fully saturated rings. The number of nitrogens with zero attached hydrogens (tertiary/aromatic N) is 1. The van der Waals surface area contributed by atoms with E-state index >= 15 is 0 Å². The van der Waals surface area contributed by atoms with Gasteiger partial charge in [0, 0.05) is 16.0 Å². The second-order valence-electron chi connectivity index (χ2n) is 7.03. The fourth-order valence-corrected chi connectivity index (χ4v) is 4.75. The molecule has 31 heavy (non-hydrogen) atoms. The molecule has 0 aliphatic carbocycles. The van der Waals surface area contributed by atoms with E-state index in [1.54, 1.807) is 60.7 Å². The number of sulfonamides is 1. The number of carbonyl (C=O) groups is 1. The Morgan fingerprint density at radius 1 is 0.968 bits per heavy atom. The van der Waals surface area contributed by atoms with Crippen LogP contribution in [-0.2, 0) is 21.2 Å². The maximum Gasteiger partial charge on any atom is 0.264 e. The van der Waals surface area contributed by atoms with Crippen LogP contribution in [0.5, 0.6) is 0 Å². The molecule has 162 valence electrons. The molecule has 0 bridgehead atoms. The van der Waals surface area contributed by atoms with Gasteiger partial charge in [-0.05, 0) is 67.4 Å². The lowest BCUT2D eigenvalue weighted by Crippen LogP contribution is -2.41. The first-order valence-corrected chi connectivity index (χ1v) is 12.2. The molecule has 3 aromatic rings. The minimum Gasteiger partial charge on any atom is -0.354 e. The highest BCUT2D eigenvalue weighted by atomic mass is 79.9. The van der Waals surface area contributed by atoms with Crippen LogP contribution >= 0.6 is 27.5 Å². The molecule has 0 aliphatic heterocycles. The molecule has 1 amide bonds. The van der Waals surface area contributed by atoms with Crippen molar-refractivity contribution >= 4 is 49.1 Å². The van der Waals surface area contributed by atoms with E-state index in [1.165, 1.54) is 0 Å². The van der Waals surface area contributed by atoms with Crippen LogP contribution in [0.25, 0.3) is 0 Å². The molecule has 0 aliphatic rings. The van der Waals surface area contributed by atoms with Crippen LogP contribution in [0, 0.1) is 6.92 Å². The van der Waals surface area contributed by atoms with Gasteiger partial charge >= 0.3 is 0 Å². The van der Waals surface area contributed by atoms with Crippen molar-refractivity contribution in [2.45, 2.75) is 18.2 Å². The predicted octanol–water partition coefficient (Wildman–Crippen LogP) is 4.97. The molecule has 8 heteroatoms. The second-order valence-corrected chi connectivity index (χ2v) is 10.2. The lowest BCUT2D eigenvalue weighted by Gasteiger charge is -2.24. The van der Waals surface area contributed by atoms with E-state index in [-0.39, 0.29) is 17.3 Å². The van der Waals surface area contributed by atoms with E-state index in [4.69, 9.17) is 11.6 Å². The van der Waals surface area contributed by atoms with Crippen LogP contribution in [0.15, 0.2) is 82.2 Å². The minimum absolute atomic E-state index is 0.134. The summed E-state index contributed by atoms with van der Waals surface area (Å²) < 4.78 is 28.6. The van der Waals surface area contributed by atoms with Crippen molar-refractivity contribution in [1.29, 1.82) is 0 Å². The third kappa shape index (κ3) is 6.32. The van der Waals surface area contributed by atoms with Gasteiger partial charge in [-0.15, -0.1) is 0 Å². The number of amides is 1. The van der Waals surface area contributed by atoms with E-state index in [0.29, 0.717) is 23.7 Å². The largest absolute Gasteiger partial charge is 0.354 e. The average molecular weight is 522 g/mol. The normalized spacial score (nSPS) is 11.2. The average Bonchev–Trinajstić information content (AvgIpc) is 2.74. The maximum absolute atomic E-state index is 13.3. The predicted molar refractivity (Wildman–Crippen MR) is 128 cm³/mol. The Hall–Kier alpha value is -2.35. The second kappa shape index (κ2) is 10.3. The van der Waals surface area contributed by atoms with Gasteiger partial charge in [-0.3, -0.25) is 9.10 Å². The molecule has 1 N–H and O–H groups in total. The zero-order valence-electron chi connectivity index (χ0n) is 16.9. The van der Waals surface area contributed by atoms with Crippen molar-refractivity contribution in [3.05, 3.63) is 93.4 Å². The van der Waals surface area contributed by atoms with Crippen LogP contribution in [0.3, 0.4) is 0 Å². The summed E-state index contributed by atoms with van der Waals surface area (Å²) in [6.07, 6.45) is 0.617. The van der Waals surface area contributed by atoms with Crippen molar-refractivity contribution in [3.8, 4) is 0 Å². The molecule has 0 saturated carbocycles. The van der Waals surface area contributed by atoms with Crippen LogP contribution < -0.4 is 9.62 Å². The summed E-state index contributed by atoms with van der Waals surface area (Å²) in [7, 11) is -3.92. The van der Waals surface area contributed by atoms with Gasteiger partial charge in [0.05, 0.1) is 10.6 Å². The van der Waals surface area contributed by atoms with Gasteiger partial charge < -0.3 is 5.32 Å². The molecule has 5 nitrogen and oxygen atoms in total. The van der Waals surface area contributed by atoms with Crippen molar-refractivity contribution in [2.75, 3.05) is 17.4 Å². The Bertz CT molecular complexity index is 1130. The first-order chi connectivity index (χ1) is 14.8. The lowest BCUT2D eigenvalue weighted by atomic mass is 10.1. The quantitative estimate of drug-likeness (QED) is 0.455. The summed E-state index contributed by atoms with van der Waals surface area (Å²) in [5.41, 5.74) is 2.40. The van der Waals surface area contributed by atoms with E-state index in [1.807, 2.05) is 19.1 Å². The monoisotopic (exact) mass is 520 g/mol. The topological polar surface area (TPSA) is 66.5 Å². The molecule has 0 spiro atoms. The SMILES string of the molecule is Cc1ccc(S(=O)(=O)N(CC(=O)NCCc2ccc(Cl)cc2)c2ccc(Br)cc2)cc1. The van der Waals surface area contributed by atoms with Gasteiger partial charge in [0.2, 0.25) is 5.91 Å². The Balaban J connectivity index is 1.76. The highest BCUT2D eigenvalue weighted by Crippen LogP contribution is 2.25. The highest BCUT2D eigenvalue weighted by Gasteiger charge is 2.27. The highest BCUT2D eigenvalue weighted by molar-refractivity contribution is 9.10. The van der Waals surface area contributed by atoms with Crippen LogP contribution in [0.1, 0.15) is 11.1 Å². The van der Waals surface area contributed by atoms with Gasteiger partial charge in [-0.2, -0.15) is 0 Å². The fourth-order valence-electron chi connectivity index (χ4n) is 2.94. The lowest BCUT2D eigenvalue weighted by molar-refractivity contribution is -0.119. The van der Waals surface area contributed by atoms with E-state index in [2.05, 4.69) is 21.2 Å². The number of nitrogens with one attached hydrogen (secondary N) is 1. The molecular formula is C23H22BrClN2O3S. The molecule has 0 heterocycles. The molecule has 0 unspecified atom stereocenters. The van der Waals surface area contributed by atoms with Crippen molar-refractivity contribution in [3.63, 3.8) is 0 Å². The number of hydrogen-bond donors (Lipinski definition) is 1. The van der Waals surface area contributed by atoms with Gasteiger partial charge in [-0.1, -0.05) is 57.4 Å². The van der Waals surface area contributed by atoms with E-state index in [0.717, 1.165) is 19.9 Å². The minimum atomic E-state index is -3.92. The Kier molecular flexibility index (Phi) is 7.75. The van der Waals surface area contributed by atoms with Gasteiger partial charge in [0.1, 0.15) is 6.54 Å². The summed E-state index contributed by atoms with van der Waals surface area (Å²) in [6.45, 7) is 1.95. The van der Waals surface area contributed by atoms with Gasteiger partial charge in [0.15, 0.2) is 0 Å². The summed E-state index contributed by atoms with van der Waals surface area (Å²) in [4.78, 5) is 12.8. The number of halogens is 2. The summed E-state index contributed by atoms with van der Waals surface area (Å²) in [5, 5.41) is 3.45. The Labute approximate surface area is 196 Å². The fraction of sp³-hybridized carbons (Fsp3) is 0.174. The summed E-state index contributed by atoms with van der Waals surface area (Å²) in [6, 6.07) is 20.8. The third-order valence-electron chi connectivity index (χ3n) is 4.66. The van der Waals surface area contributed by atoms with Crippen molar-refractivity contribution in [2.24, 2.45) is 0 Å². The first kappa shape index (κ1) is 23.3. The first-order valence-electron chi connectivity index (χ1n) is 9.62. The maximum atomic E-state index is 13.3. The van der Waals surface area contributed by atoms with E-state index in [9.17, 15) is 13.2 Å². The number of hydrogen-bond acceptors (Lipinski definition) is 3. The summed E-state index contributed by atoms with van der Waals surface area (Å²) >= 11 is 9.24. The molecule has 0 aromatic heterocycles. The zero-order valence-corrected chi connectivity index (χ0v) is 20.0. The van der Waals surface area contributed by atoms with Crippen LogP contribution in [0.4, 0.5) is 5.69 Å². The Morgan fingerprint density at radius 3 is 2.19 bits per heavy atom. The molecule has 3 rings (SSSR count). The third-order valence-corrected chi connectivity index (χ3v) is 7.23. The van der Waals surface area contributed by atoms with Crippen molar-refractivity contribution in [1.82, 2.24) is 5.32 Å². The number of rotatable bonds is 8. The smallest absolute Gasteiger partial charge is 0.264 e. The van der Waals surface area contributed by atoms with Gasteiger partial charge in [0.25, 0.3) is 10.0 Å². The molecule has 3 aromatic carbocycles. The number of benzene rings is 3. The van der Waals surface area contributed by atoms with E-state index < -0.39 is 10.0 Å². The molecular weight excluding hydrogens is 500 g/mol. The number of carbonyl (C=O) groups excluding carboxylic acids is 1. The number of anilines is 1. The number of aryl methyl sites for hydroxylation is 1. The molecule has 0 atom stereocenters. The van der Waals surface area contributed by atoms with Crippen molar-refractivity contribution < 1.29 is 13.2 Å². The van der Waals surface area contributed by atoms with Crippen LogP contribution in [0.2, 0.25) is 5.02 Å². The zero-order chi connectivity index (χ0) is 22.4. The standard InChI is InChI=1S/C23H22BrClN2O3S/c1-17-2-12-22(13-3-17)31(29,30)27(21-10-6-19(24)7-11-21)16-23(28)26-15-14-18-4-8-20(25)9-5-18/h2-13H,14-16H2,1H3,(H,26,28). The van der Waals surface area contributed by atoms with Crippen LogP contribution in [-0.4, -0.2) is 27.4 Å². The Morgan fingerprint density at radius 2 is 1.58 bits per heavy atom.